The third kappa shape index (κ3) is 4.23. The molecule has 0 atom stereocenters. The van der Waals surface area contributed by atoms with Crippen LogP contribution >= 0.6 is 11.6 Å². The number of amides is 1. The van der Waals surface area contributed by atoms with E-state index in [1.54, 1.807) is 37.5 Å². The molecule has 2 aromatic rings. The van der Waals surface area contributed by atoms with Crippen molar-refractivity contribution >= 4 is 29.3 Å². The number of anilines is 1. The minimum Gasteiger partial charge on any atom is -0.493 e. The molecule has 0 bridgehead atoms. The minimum absolute atomic E-state index is 0.0273. The zero-order valence-corrected chi connectivity index (χ0v) is 13.4. The first-order valence-electron chi connectivity index (χ1n) is 6.70. The van der Waals surface area contributed by atoms with Crippen LogP contribution in [0.1, 0.15) is 5.56 Å². The first-order chi connectivity index (χ1) is 11.0. The van der Waals surface area contributed by atoms with Crippen molar-refractivity contribution < 1.29 is 18.7 Å². The second-order valence-corrected chi connectivity index (χ2v) is 4.95. The Bertz CT molecular complexity index is 747. The lowest BCUT2D eigenvalue weighted by Crippen LogP contribution is -2.09. The number of carbonyl (C=O) groups excluding carboxylic acids is 1. The number of benzene rings is 2. The third-order valence-electron chi connectivity index (χ3n) is 3.04. The van der Waals surface area contributed by atoms with Gasteiger partial charge in [-0.15, -0.1) is 0 Å². The number of carbonyl (C=O) groups is 1. The van der Waals surface area contributed by atoms with Crippen LogP contribution in [0.5, 0.6) is 11.5 Å². The third-order valence-corrected chi connectivity index (χ3v) is 3.34. The zero-order chi connectivity index (χ0) is 16.8. The van der Waals surface area contributed by atoms with Gasteiger partial charge in [-0.1, -0.05) is 23.7 Å². The molecule has 0 fully saturated rings. The first kappa shape index (κ1) is 16.8. The van der Waals surface area contributed by atoms with E-state index in [4.69, 9.17) is 21.1 Å². The fourth-order valence-corrected chi connectivity index (χ4v) is 2.08. The van der Waals surface area contributed by atoms with Crippen molar-refractivity contribution in [2.45, 2.75) is 0 Å². The summed E-state index contributed by atoms with van der Waals surface area (Å²) in [5, 5.41) is 2.38. The summed E-state index contributed by atoms with van der Waals surface area (Å²) in [5.74, 6) is 0.00836. The number of nitrogens with one attached hydrogen (secondary N) is 1. The summed E-state index contributed by atoms with van der Waals surface area (Å²) in [6, 6.07) is 9.62. The number of halogens is 2. The van der Waals surface area contributed by atoms with Crippen LogP contribution in [-0.2, 0) is 4.79 Å². The molecule has 0 saturated heterocycles. The van der Waals surface area contributed by atoms with Crippen molar-refractivity contribution in [1.29, 1.82) is 0 Å². The highest BCUT2D eigenvalue weighted by Crippen LogP contribution is 2.28. The molecule has 23 heavy (non-hydrogen) atoms. The van der Waals surface area contributed by atoms with Crippen molar-refractivity contribution in [2.24, 2.45) is 0 Å². The van der Waals surface area contributed by atoms with Gasteiger partial charge in [-0.2, -0.15) is 0 Å². The number of hydrogen-bond acceptors (Lipinski definition) is 3. The van der Waals surface area contributed by atoms with E-state index in [9.17, 15) is 9.18 Å². The number of rotatable bonds is 5. The lowest BCUT2D eigenvalue weighted by molar-refractivity contribution is -0.111. The standard InChI is InChI=1S/C17H15ClFNO3/c1-22-14-8-6-11(10-15(14)23-2)7-9-16(21)20-13-5-3-4-12(18)17(13)19/h3-10H,1-2H3,(H,20,21)/b9-7+. The lowest BCUT2D eigenvalue weighted by atomic mass is 10.2. The Kier molecular flexibility index (Phi) is 5.60. The Hall–Kier alpha value is -2.53. The largest absolute Gasteiger partial charge is 0.493 e. The van der Waals surface area contributed by atoms with Crippen LogP contribution in [0.15, 0.2) is 42.5 Å². The van der Waals surface area contributed by atoms with Crippen molar-refractivity contribution in [3.63, 3.8) is 0 Å². The van der Waals surface area contributed by atoms with Crippen LogP contribution < -0.4 is 14.8 Å². The molecular weight excluding hydrogens is 321 g/mol. The van der Waals surface area contributed by atoms with Crippen molar-refractivity contribution in [1.82, 2.24) is 0 Å². The molecule has 2 aromatic carbocycles. The molecule has 120 valence electrons. The van der Waals surface area contributed by atoms with Crippen LogP contribution in [0, 0.1) is 5.82 Å². The topological polar surface area (TPSA) is 47.6 Å². The molecule has 0 heterocycles. The van der Waals surface area contributed by atoms with Gasteiger partial charge in [0.2, 0.25) is 5.91 Å². The van der Waals surface area contributed by atoms with E-state index in [0.717, 1.165) is 5.56 Å². The zero-order valence-electron chi connectivity index (χ0n) is 12.6. The van der Waals surface area contributed by atoms with Gasteiger partial charge >= 0.3 is 0 Å². The van der Waals surface area contributed by atoms with Gasteiger partial charge in [-0.05, 0) is 35.9 Å². The van der Waals surface area contributed by atoms with Gasteiger partial charge in [-0.3, -0.25) is 4.79 Å². The summed E-state index contributed by atoms with van der Waals surface area (Å²) in [5.41, 5.74) is 0.767. The monoisotopic (exact) mass is 335 g/mol. The maximum absolute atomic E-state index is 13.7. The summed E-state index contributed by atoms with van der Waals surface area (Å²) in [6.45, 7) is 0. The van der Waals surface area contributed by atoms with Gasteiger partial charge in [0.25, 0.3) is 0 Å². The summed E-state index contributed by atoms with van der Waals surface area (Å²) in [7, 11) is 3.07. The SMILES string of the molecule is COc1ccc(/C=C/C(=O)Nc2cccc(Cl)c2F)cc1OC. The second-order valence-electron chi connectivity index (χ2n) is 4.54. The molecule has 0 spiro atoms. The van der Waals surface area contributed by atoms with E-state index in [2.05, 4.69) is 5.32 Å². The molecule has 2 rings (SSSR count). The minimum atomic E-state index is -0.665. The lowest BCUT2D eigenvalue weighted by Gasteiger charge is -2.07. The van der Waals surface area contributed by atoms with Gasteiger partial charge in [-0.25, -0.2) is 4.39 Å². The molecule has 0 unspecified atom stereocenters. The maximum Gasteiger partial charge on any atom is 0.248 e. The van der Waals surface area contributed by atoms with Crippen LogP contribution in [0.3, 0.4) is 0 Å². The predicted molar refractivity (Wildman–Crippen MR) is 88.6 cm³/mol. The molecule has 0 aliphatic carbocycles. The Labute approximate surface area is 138 Å². The highest BCUT2D eigenvalue weighted by atomic mass is 35.5. The number of ether oxygens (including phenoxy) is 2. The van der Waals surface area contributed by atoms with E-state index >= 15 is 0 Å². The van der Waals surface area contributed by atoms with E-state index in [1.165, 1.54) is 25.3 Å². The van der Waals surface area contributed by atoms with Gasteiger partial charge < -0.3 is 14.8 Å². The van der Waals surface area contributed by atoms with Crippen LogP contribution in [0.25, 0.3) is 6.08 Å². The second kappa shape index (κ2) is 7.65. The fraction of sp³-hybridized carbons (Fsp3) is 0.118. The van der Waals surface area contributed by atoms with Crippen molar-refractivity contribution in [2.75, 3.05) is 19.5 Å². The predicted octanol–water partition coefficient (Wildman–Crippen LogP) is 4.15. The van der Waals surface area contributed by atoms with Gasteiger partial charge in [0.1, 0.15) is 0 Å². The summed E-state index contributed by atoms with van der Waals surface area (Å²) in [6.07, 6.45) is 2.88. The molecule has 0 saturated carbocycles. The van der Waals surface area contributed by atoms with Crippen LogP contribution in [0.4, 0.5) is 10.1 Å². The first-order valence-corrected chi connectivity index (χ1v) is 7.08. The Balaban J connectivity index is 2.10. The average molecular weight is 336 g/mol. The van der Waals surface area contributed by atoms with Gasteiger partial charge in [0.15, 0.2) is 17.3 Å². The molecule has 0 aliphatic heterocycles. The van der Waals surface area contributed by atoms with Crippen molar-refractivity contribution in [3.8, 4) is 11.5 Å². The molecular formula is C17H15ClFNO3. The van der Waals surface area contributed by atoms with Gasteiger partial charge in [0, 0.05) is 6.08 Å². The Morgan fingerprint density at radius 2 is 1.91 bits per heavy atom. The average Bonchev–Trinajstić information content (AvgIpc) is 2.56. The highest BCUT2D eigenvalue weighted by molar-refractivity contribution is 6.31. The van der Waals surface area contributed by atoms with Crippen LogP contribution in [-0.4, -0.2) is 20.1 Å². The fourth-order valence-electron chi connectivity index (χ4n) is 1.90. The van der Waals surface area contributed by atoms with Gasteiger partial charge in [0.05, 0.1) is 24.9 Å². The van der Waals surface area contributed by atoms with E-state index in [-0.39, 0.29) is 10.7 Å². The molecule has 0 radical (unpaired) electrons. The molecule has 0 aromatic heterocycles. The Morgan fingerprint density at radius 3 is 2.61 bits per heavy atom. The maximum atomic E-state index is 13.7. The Morgan fingerprint density at radius 1 is 1.17 bits per heavy atom. The van der Waals surface area contributed by atoms with Crippen molar-refractivity contribution in [3.05, 3.63) is 58.9 Å². The normalized spacial score (nSPS) is 10.6. The highest BCUT2D eigenvalue weighted by Gasteiger charge is 2.08. The number of methoxy groups -OCH3 is 2. The molecule has 4 nitrogen and oxygen atoms in total. The van der Waals surface area contributed by atoms with E-state index in [0.29, 0.717) is 11.5 Å². The molecule has 6 heteroatoms. The summed E-state index contributed by atoms with van der Waals surface area (Å²) >= 11 is 5.66. The molecule has 1 amide bonds. The van der Waals surface area contributed by atoms with E-state index < -0.39 is 11.7 Å². The van der Waals surface area contributed by atoms with Crippen LogP contribution in [0.2, 0.25) is 5.02 Å². The molecule has 0 aliphatic rings. The van der Waals surface area contributed by atoms with E-state index in [1.807, 2.05) is 0 Å². The molecule has 1 N–H and O–H groups in total. The summed E-state index contributed by atoms with van der Waals surface area (Å²) < 4.78 is 24.0. The quantitative estimate of drug-likeness (QED) is 0.835. The smallest absolute Gasteiger partial charge is 0.248 e. The summed E-state index contributed by atoms with van der Waals surface area (Å²) in [4.78, 5) is 11.9. The number of hydrogen-bond donors (Lipinski definition) is 1.